The number of ether oxygens (including phenoxy) is 3. The summed E-state index contributed by atoms with van der Waals surface area (Å²) in [4.78, 5) is 130. The van der Waals surface area contributed by atoms with Crippen molar-refractivity contribution < 1.29 is 47.8 Å². The molecule has 24 nitrogen and oxygen atoms in total. The Kier molecular flexibility index (Phi) is 31.1. The van der Waals surface area contributed by atoms with Gasteiger partial charge in [-0.15, -0.1) is 11.8 Å². The zero-order valence-electron chi connectivity index (χ0n) is 59.9. The summed E-state index contributed by atoms with van der Waals surface area (Å²) < 4.78 is 18.1. The summed E-state index contributed by atoms with van der Waals surface area (Å²) in [5.41, 5.74) is 2.21. The Labute approximate surface area is 596 Å². The molecule has 5 N–H and O–H groups in total. The fourth-order valence-corrected chi connectivity index (χ4v) is 14.2. The first kappa shape index (κ1) is 76.8. The van der Waals surface area contributed by atoms with Crippen molar-refractivity contribution in [3.05, 3.63) is 114 Å². The lowest BCUT2D eigenvalue weighted by molar-refractivity contribution is -0.152. The summed E-state index contributed by atoms with van der Waals surface area (Å²) in [5.74, 6) is 10.3. The fourth-order valence-electron chi connectivity index (χ4n) is 14.2. The third-order valence-electron chi connectivity index (χ3n) is 19.7. The van der Waals surface area contributed by atoms with E-state index in [1.54, 1.807) is 34.6 Å². The van der Waals surface area contributed by atoms with Crippen molar-refractivity contribution in [2.45, 2.75) is 207 Å². The van der Waals surface area contributed by atoms with E-state index < -0.39 is 11.6 Å². The number of likely N-dealkylation sites (tertiary alicyclic amines) is 1. The molecule has 5 aromatic rings. The molecule has 5 amide bonds. The van der Waals surface area contributed by atoms with Gasteiger partial charge in [0, 0.05) is 148 Å². The normalized spacial score (nSPS) is 17.2. The SMILES string of the molecule is CCCCCC(=O)Nc1cccc(CN(Cc2cc(CN(Cc3cccc(NC(=O)CCCCC)n3)Cc3ncc[nH]3)cc(OCCCCCC(=O)CCC(=O)N(CCCC(C)=O)C3(C(=O)NCCN4CCOCC4)CCN(C(=O)OCC4C5CCC#CCCC54)CC3)c2)Cc2ncc[nH]2)n1. The first-order chi connectivity index (χ1) is 49.2. The molecular formula is C77H108N14O10. The molecular weight excluding hydrogens is 1280 g/mol. The Bertz CT molecular complexity index is 3340. The van der Waals surface area contributed by atoms with Gasteiger partial charge in [-0.25, -0.2) is 24.7 Å². The molecule has 0 spiro atoms. The van der Waals surface area contributed by atoms with Crippen LogP contribution in [-0.4, -0.2) is 173 Å². The number of unbranched alkanes of at least 4 members (excludes halogenated alkanes) is 6. The largest absolute Gasteiger partial charge is 0.494 e. The Balaban J connectivity index is 0.849. The summed E-state index contributed by atoms with van der Waals surface area (Å²) in [6, 6.07) is 17.7. The molecule has 4 aromatic heterocycles. The van der Waals surface area contributed by atoms with E-state index in [0.29, 0.717) is 152 Å². The van der Waals surface area contributed by atoms with E-state index in [2.05, 4.69) is 94.5 Å². The Morgan fingerprint density at radius 1 is 0.653 bits per heavy atom. The number of anilines is 2. The highest BCUT2D eigenvalue weighted by Crippen LogP contribution is 2.52. The lowest BCUT2D eigenvalue weighted by Crippen LogP contribution is -2.65. The number of carbonyl (C=O) groups is 7. The topological polar surface area (TPSA) is 283 Å². The van der Waals surface area contributed by atoms with Gasteiger partial charge in [-0.05, 0) is 136 Å². The van der Waals surface area contributed by atoms with Crippen molar-refractivity contribution in [2.75, 3.05) is 82.9 Å². The summed E-state index contributed by atoms with van der Waals surface area (Å²) in [6.07, 6.45) is 20.0. The zero-order chi connectivity index (χ0) is 71.0. The van der Waals surface area contributed by atoms with E-state index in [9.17, 15) is 33.6 Å². The van der Waals surface area contributed by atoms with Crippen LogP contribution in [0.1, 0.15) is 196 Å². The van der Waals surface area contributed by atoms with E-state index >= 15 is 0 Å². The minimum Gasteiger partial charge on any atom is -0.494 e. The molecule has 9 rings (SSSR count). The number of amides is 5. The van der Waals surface area contributed by atoms with Crippen molar-refractivity contribution in [3.63, 3.8) is 0 Å². The maximum atomic E-state index is 14.8. The van der Waals surface area contributed by atoms with Gasteiger partial charge >= 0.3 is 6.09 Å². The average molecular weight is 1390 g/mol. The lowest BCUT2D eigenvalue weighted by Gasteiger charge is -2.47. The highest BCUT2D eigenvalue weighted by molar-refractivity contribution is 5.93. The summed E-state index contributed by atoms with van der Waals surface area (Å²) in [6.45, 7) is 13.6. The number of aromatic amines is 2. The molecule has 546 valence electrons. The summed E-state index contributed by atoms with van der Waals surface area (Å²) in [7, 11) is 0. The van der Waals surface area contributed by atoms with Crippen LogP contribution in [0.3, 0.4) is 0 Å². The van der Waals surface area contributed by atoms with Crippen LogP contribution in [0.4, 0.5) is 16.4 Å². The molecule has 4 aliphatic rings. The Hall–Kier alpha value is -8.37. The number of rotatable bonds is 43. The van der Waals surface area contributed by atoms with Crippen LogP contribution in [0.5, 0.6) is 5.75 Å². The van der Waals surface area contributed by atoms with Crippen molar-refractivity contribution >= 4 is 52.9 Å². The molecule has 1 saturated carbocycles. The van der Waals surface area contributed by atoms with Crippen LogP contribution in [0.25, 0.3) is 0 Å². The number of Topliss-reactive ketones (excluding diaryl/α,β-unsaturated/α-hetero) is 2. The quantitative estimate of drug-likeness (QED) is 0.0179. The third-order valence-corrected chi connectivity index (χ3v) is 19.7. The number of benzene rings is 1. The molecule has 101 heavy (non-hydrogen) atoms. The van der Waals surface area contributed by atoms with Gasteiger partial charge in [-0.3, -0.25) is 38.7 Å². The number of aromatic nitrogens is 6. The second kappa shape index (κ2) is 40.9. The molecule has 2 unspecified atom stereocenters. The second-order valence-electron chi connectivity index (χ2n) is 27.7. The maximum Gasteiger partial charge on any atom is 0.409 e. The number of piperidine rings is 1. The third kappa shape index (κ3) is 25.6. The van der Waals surface area contributed by atoms with E-state index in [1.807, 2.05) is 36.4 Å². The molecule has 6 heterocycles. The number of hydrogen-bond acceptors (Lipinski definition) is 17. The smallest absolute Gasteiger partial charge is 0.409 e. The summed E-state index contributed by atoms with van der Waals surface area (Å²) in [5, 5.41) is 9.15. The van der Waals surface area contributed by atoms with E-state index in [-0.39, 0.29) is 93.4 Å². The molecule has 2 aliphatic carbocycles. The number of pyridine rings is 2. The minimum absolute atomic E-state index is 0.00117. The standard InChI is InChI=1S/C77H108N14O10/c1-4-6-11-28-72(94)85-68-26-17-21-61(83-68)53-88(55-70-78-34-35-79-70)51-59-48-60(52-89(56-71-80-36-37-81-71)54-62-22-18-27-69(84-62)86-73(95)29-12-7-5-2)50-64(49-59)100-45-16-10-13-23-63(93)30-31-74(96)91(39-19-20-58(3)92)77(75(97)82-38-42-87-43-46-99-47-44-87)32-40-90(41-33-77)76(98)101-57-67-65-24-14-8-9-15-25-66(65)67/h17-18,21-22,26-27,34-37,48-50,65-67H,4-7,10-16,19-20,23-25,28-33,38-47,51-57H2,1-3H3,(H,78,79)(H,80,81)(H,82,97)(H,83,85,94)(H,84,86,95). The van der Waals surface area contributed by atoms with Crippen molar-refractivity contribution in [3.8, 4) is 17.6 Å². The zero-order valence-corrected chi connectivity index (χ0v) is 59.9. The molecule has 2 atom stereocenters. The van der Waals surface area contributed by atoms with Crippen LogP contribution in [0, 0.1) is 29.6 Å². The van der Waals surface area contributed by atoms with E-state index in [1.165, 1.54) is 6.92 Å². The molecule has 0 radical (unpaired) electrons. The number of nitrogens with one attached hydrogen (secondary N) is 5. The molecule has 2 aliphatic heterocycles. The summed E-state index contributed by atoms with van der Waals surface area (Å²) >= 11 is 0. The van der Waals surface area contributed by atoms with Crippen LogP contribution in [0.15, 0.2) is 79.4 Å². The van der Waals surface area contributed by atoms with Gasteiger partial charge in [-0.2, -0.15) is 0 Å². The average Bonchev–Trinajstić information content (AvgIpc) is 1.72. The first-order valence-corrected chi connectivity index (χ1v) is 37.2. The van der Waals surface area contributed by atoms with E-state index in [4.69, 9.17) is 24.2 Å². The van der Waals surface area contributed by atoms with Gasteiger partial charge in [0.15, 0.2) is 0 Å². The molecule has 2 saturated heterocycles. The number of carbonyl (C=O) groups excluding carboxylic acids is 7. The van der Waals surface area contributed by atoms with Gasteiger partial charge in [0.2, 0.25) is 23.6 Å². The van der Waals surface area contributed by atoms with Crippen LogP contribution in [0.2, 0.25) is 0 Å². The Morgan fingerprint density at radius 2 is 1.24 bits per heavy atom. The van der Waals surface area contributed by atoms with E-state index in [0.717, 1.165) is 111 Å². The first-order valence-electron chi connectivity index (χ1n) is 37.2. The number of hydrogen-bond donors (Lipinski definition) is 5. The molecule has 1 aromatic carbocycles. The highest BCUT2D eigenvalue weighted by atomic mass is 16.6. The van der Waals surface area contributed by atoms with Crippen molar-refractivity contribution in [1.29, 1.82) is 0 Å². The predicted molar refractivity (Wildman–Crippen MR) is 385 cm³/mol. The van der Waals surface area contributed by atoms with Gasteiger partial charge < -0.3 is 54.7 Å². The number of morpholine rings is 1. The Morgan fingerprint density at radius 3 is 1.79 bits per heavy atom. The van der Waals surface area contributed by atoms with Crippen LogP contribution < -0.4 is 20.7 Å². The van der Waals surface area contributed by atoms with Gasteiger partial charge in [-0.1, -0.05) is 57.7 Å². The van der Waals surface area contributed by atoms with Crippen molar-refractivity contribution in [1.82, 2.24) is 59.7 Å². The number of H-pyrrole nitrogens is 2. The monoisotopic (exact) mass is 1390 g/mol. The number of fused-ring (bicyclic) bond motifs is 1. The lowest BCUT2D eigenvalue weighted by atomic mass is 9.83. The second-order valence-corrected chi connectivity index (χ2v) is 27.7. The molecule has 3 fully saturated rings. The van der Waals surface area contributed by atoms with Gasteiger partial charge in [0.1, 0.15) is 46.1 Å². The number of nitrogens with zero attached hydrogens (tertiary/aromatic N) is 9. The van der Waals surface area contributed by atoms with Crippen LogP contribution >= 0.6 is 0 Å². The minimum atomic E-state index is -1.31. The van der Waals surface area contributed by atoms with Crippen LogP contribution in [-0.2, 0) is 77.5 Å². The van der Waals surface area contributed by atoms with Crippen molar-refractivity contribution in [2.24, 2.45) is 17.8 Å². The highest BCUT2D eigenvalue weighted by Gasteiger charge is 2.51. The van der Waals surface area contributed by atoms with Gasteiger partial charge in [0.25, 0.3) is 0 Å². The van der Waals surface area contributed by atoms with Gasteiger partial charge in [0.05, 0.1) is 50.9 Å². The maximum absolute atomic E-state index is 14.8. The molecule has 24 heteroatoms. The number of ketones is 2. The predicted octanol–water partition coefficient (Wildman–Crippen LogP) is 10.7. The fraction of sp³-hybridized carbons (Fsp3) is 0.597. The molecule has 0 bridgehead atoms. The number of imidazole rings is 2.